The molecule has 2 N–H and O–H groups in total. The van der Waals surface area contributed by atoms with Gasteiger partial charge >= 0.3 is 0 Å². The molecule has 21 heavy (non-hydrogen) atoms. The van der Waals surface area contributed by atoms with E-state index in [-0.39, 0.29) is 5.92 Å². The predicted octanol–water partition coefficient (Wildman–Crippen LogP) is 2.94. The number of hydrogen-bond donors (Lipinski definition) is 2. The number of rotatable bonds is 7. The zero-order valence-electron chi connectivity index (χ0n) is 12.7. The van der Waals surface area contributed by atoms with Crippen LogP contribution in [0.25, 0.3) is 0 Å². The Balaban J connectivity index is 2.23. The van der Waals surface area contributed by atoms with Gasteiger partial charge in [0.05, 0.1) is 4.90 Å². The fraction of sp³-hybridized carbons (Fsp3) is 0.600. The van der Waals surface area contributed by atoms with Crippen LogP contribution in [0.4, 0.5) is 0 Å². The lowest BCUT2D eigenvalue weighted by Crippen LogP contribution is -2.28. The molecule has 0 atom stereocenters. The molecule has 1 aliphatic rings. The number of benzene rings is 1. The average Bonchev–Trinajstić information content (AvgIpc) is 3.21. The van der Waals surface area contributed by atoms with Gasteiger partial charge in [-0.15, -0.1) is 0 Å². The molecule has 0 amide bonds. The van der Waals surface area contributed by atoms with Crippen molar-refractivity contribution in [3.05, 3.63) is 27.7 Å². The Morgan fingerprint density at radius 1 is 1.33 bits per heavy atom. The Bertz CT molecular complexity index is 610. The van der Waals surface area contributed by atoms with Gasteiger partial charge in [0.25, 0.3) is 0 Å². The van der Waals surface area contributed by atoms with Crippen LogP contribution in [0.5, 0.6) is 0 Å². The molecule has 4 nitrogen and oxygen atoms in total. The molecule has 1 aromatic rings. The normalized spacial score (nSPS) is 15.7. The van der Waals surface area contributed by atoms with Crippen molar-refractivity contribution in [2.45, 2.75) is 51.1 Å². The van der Waals surface area contributed by atoms with Crippen molar-refractivity contribution in [2.75, 3.05) is 6.54 Å². The van der Waals surface area contributed by atoms with Crippen LogP contribution in [-0.4, -0.2) is 21.0 Å². The topological polar surface area (TPSA) is 58.2 Å². The molecule has 1 aliphatic carbocycles. The summed E-state index contributed by atoms with van der Waals surface area (Å²) in [6.45, 7) is 6.95. The molecule has 1 saturated carbocycles. The summed E-state index contributed by atoms with van der Waals surface area (Å²) >= 11 is 3.47. The van der Waals surface area contributed by atoms with Crippen LogP contribution in [0.15, 0.2) is 21.5 Å². The van der Waals surface area contributed by atoms with Gasteiger partial charge in [-0.1, -0.05) is 29.8 Å². The molecule has 0 bridgehead atoms. The Morgan fingerprint density at radius 2 is 2.00 bits per heavy atom. The molecule has 118 valence electrons. The van der Waals surface area contributed by atoms with Crippen molar-refractivity contribution < 1.29 is 8.42 Å². The number of hydrogen-bond acceptors (Lipinski definition) is 3. The van der Waals surface area contributed by atoms with Gasteiger partial charge in [0.2, 0.25) is 10.0 Å². The molecule has 0 aromatic heterocycles. The molecule has 0 heterocycles. The summed E-state index contributed by atoms with van der Waals surface area (Å²) in [5, 5.41) is 3.41. The first-order valence-corrected chi connectivity index (χ1v) is 9.59. The Morgan fingerprint density at radius 3 is 2.57 bits per heavy atom. The second kappa shape index (κ2) is 6.77. The first kappa shape index (κ1) is 16.9. The molecule has 0 saturated heterocycles. The van der Waals surface area contributed by atoms with Crippen LogP contribution < -0.4 is 10.0 Å². The van der Waals surface area contributed by atoms with E-state index in [4.69, 9.17) is 0 Å². The molecule has 1 aromatic carbocycles. The van der Waals surface area contributed by atoms with Crippen LogP contribution in [0.1, 0.15) is 37.8 Å². The second-order valence-electron chi connectivity index (χ2n) is 6.10. The van der Waals surface area contributed by atoms with E-state index in [1.807, 2.05) is 26.8 Å². The highest BCUT2D eigenvalue weighted by Gasteiger charge is 2.22. The molecule has 1 fully saturated rings. The number of nitrogens with one attached hydrogen (secondary N) is 2. The minimum absolute atomic E-state index is 0.281. The summed E-state index contributed by atoms with van der Waals surface area (Å²) < 4.78 is 28.4. The summed E-state index contributed by atoms with van der Waals surface area (Å²) in [5.74, 6) is 0.281. The van der Waals surface area contributed by atoms with E-state index in [1.165, 1.54) is 12.8 Å². The maximum atomic E-state index is 12.5. The average molecular weight is 375 g/mol. The van der Waals surface area contributed by atoms with Crippen molar-refractivity contribution in [3.63, 3.8) is 0 Å². The fourth-order valence-electron chi connectivity index (χ4n) is 1.99. The summed E-state index contributed by atoms with van der Waals surface area (Å²) in [5.41, 5.74) is 1.74. The maximum absolute atomic E-state index is 12.5. The van der Waals surface area contributed by atoms with Crippen LogP contribution in [-0.2, 0) is 16.6 Å². The summed E-state index contributed by atoms with van der Waals surface area (Å²) in [7, 11) is -3.46. The van der Waals surface area contributed by atoms with Gasteiger partial charge < -0.3 is 5.32 Å². The third kappa shape index (κ3) is 4.77. The van der Waals surface area contributed by atoms with Gasteiger partial charge in [0.15, 0.2) is 0 Å². The Kier molecular flexibility index (Phi) is 5.46. The first-order chi connectivity index (χ1) is 9.79. The first-order valence-electron chi connectivity index (χ1n) is 7.31. The lowest BCUT2D eigenvalue weighted by Gasteiger charge is -2.14. The van der Waals surface area contributed by atoms with Crippen molar-refractivity contribution in [1.82, 2.24) is 10.0 Å². The zero-order valence-corrected chi connectivity index (χ0v) is 15.1. The lowest BCUT2D eigenvalue weighted by atomic mass is 10.1. The quantitative estimate of drug-likeness (QED) is 0.771. The standard InChI is InChI=1S/C15H23BrN2O2S/c1-10(2)8-18-21(19,20)15-7-12(6-14(16)11(15)3)9-17-13-4-5-13/h6-7,10,13,17-18H,4-5,8-9H2,1-3H3. The van der Waals surface area contributed by atoms with Crippen molar-refractivity contribution >= 4 is 26.0 Å². The molecule has 2 rings (SSSR count). The molecular weight excluding hydrogens is 352 g/mol. The molecule has 0 aliphatic heterocycles. The van der Waals surface area contributed by atoms with E-state index in [1.54, 1.807) is 6.07 Å². The summed E-state index contributed by atoms with van der Waals surface area (Å²) in [6, 6.07) is 4.37. The highest BCUT2D eigenvalue weighted by molar-refractivity contribution is 9.10. The third-order valence-corrected chi connectivity index (χ3v) is 5.87. The van der Waals surface area contributed by atoms with E-state index in [0.717, 1.165) is 15.6 Å². The summed E-state index contributed by atoms with van der Waals surface area (Å²) in [4.78, 5) is 0.366. The van der Waals surface area contributed by atoms with Crippen LogP contribution >= 0.6 is 15.9 Å². The van der Waals surface area contributed by atoms with Gasteiger partial charge in [0, 0.05) is 23.6 Å². The van der Waals surface area contributed by atoms with E-state index >= 15 is 0 Å². The highest BCUT2D eigenvalue weighted by atomic mass is 79.9. The Labute approximate surface area is 135 Å². The van der Waals surface area contributed by atoms with E-state index in [0.29, 0.717) is 24.0 Å². The van der Waals surface area contributed by atoms with Crippen LogP contribution in [0.2, 0.25) is 0 Å². The monoisotopic (exact) mass is 374 g/mol. The summed E-state index contributed by atoms with van der Waals surface area (Å²) in [6.07, 6.45) is 2.43. The number of halogens is 1. The number of sulfonamides is 1. The van der Waals surface area contributed by atoms with Gasteiger partial charge in [-0.05, 0) is 48.9 Å². The van der Waals surface area contributed by atoms with Crippen molar-refractivity contribution in [3.8, 4) is 0 Å². The van der Waals surface area contributed by atoms with E-state index < -0.39 is 10.0 Å². The molecular formula is C15H23BrN2O2S. The maximum Gasteiger partial charge on any atom is 0.240 e. The van der Waals surface area contributed by atoms with Gasteiger partial charge in [0.1, 0.15) is 0 Å². The SMILES string of the molecule is Cc1c(Br)cc(CNC2CC2)cc1S(=O)(=O)NCC(C)C. The molecule has 0 unspecified atom stereocenters. The molecule has 0 spiro atoms. The van der Waals surface area contributed by atoms with Crippen LogP contribution in [0.3, 0.4) is 0 Å². The van der Waals surface area contributed by atoms with Gasteiger partial charge in [-0.25, -0.2) is 13.1 Å². The smallest absolute Gasteiger partial charge is 0.240 e. The van der Waals surface area contributed by atoms with E-state index in [2.05, 4.69) is 26.0 Å². The zero-order chi connectivity index (χ0) is 15.6. The van der Waals surface area contributed by atoms with Gasteiger partial charge in [-0.3, -0.25) is 0 Å². The van der Waals surface area contributed by atoms with E-state index in [9.17, 15) is 8.42 Å². The second-order valence-corrected chi connectivity index (χ2v) is 8.69. The third-order valence-electron chi connectivity index (χ3n) is 3.50. The van der Waals surface area contributed by atoms with Gasteiger partial charge in [-0.2, -0.15) is 0 Å². The molecule has 0 radical (unpaired) electrons. The molecule has 6 heteroatoms. The van der Waals surface area contributed by atoms with Crippen LogP contribution in [0, 0.1) is 12.8 Å². The predicted molar refractivity (Wildman–Crippen MR) is 88.8 cm³/mol. The lowest BCUT2D eigenvalue weighted by molar-refractivity contribution is 0.559. The van der Waals surface area contributed by atoms with Crippen molar-refractivity contribution in [2.24, 2.45) is 5.92 Å². The fourth-order valence-corrected chi connectivity index (χ4v) is 4.16. The van der Waals surface area contributed by atoms with Crippen molar-refractivity contribution in [1.29, 1.82) is 0 Å². The Hall–Kier alpha value is -0.430. The largest absolute Gasteiger partial charge is 0.310 e. The highest BCUT2D eigenvalue weighted by Crippen LogP contribution is 2.27. The minimum Gasteiger partial charge on any atom is -0.310 e. The minimum atomic E-state index is -3.46.